The minimum atomic E-state index is 0. The lowest BCUT2D eigenvalue weighted by molar-refractivity contribution is 0.322. The van der Waals surface area contributed by atoms with E-state index < -0.39 is 0 Å². The molecular weight excluding hydrogens is 513 g/mol. The summed E-state index contributed by atoms with van der Waals surface area (Å²) in [5.41, 5.74) is 0.847. The SMILES string of the molecule is CN=C(NCCOc1ccc(Br)cc1)Nc1ccc(OC)c(OC)c1.I. The number of guanidine groups is 1. The molecular formula is C18H23BrIN3O3. The number of aliphatic imine (C=N–C) groups is 1. The van der Waals surface area contributed by atoms with Crippen molar-refractivity contribution in [2.24, 2.45) is 4.99 Å². The summed E-state index contributed by atoms with van der Waals surface area (Å²) >= 11 is 3.40. The van der Waals surface area contributed by atoms with Crippen LogP contribution in [0, 0.1) is 0 Å². The molecule has 2 rings (SSSR count). The first-order valence-electron chi connectivity index (χ1n) is 7.74. The number of hydrogen-bond donors (Lipinski definition) is 2. The average molecular weight is 536 g/mol. The van der Waals surface area contributed by atoms with Crippen molar-refractivity contribution in [2.75, 3.05) is 39.7 Å². The Kier molecular flexibility index (Phi) is 10.2. The van der Waals surface area contributed by atoms with E-state index >= 15 is 0 Å². The summed E-state index contributed by atoms with van der Waals surface area (Å²) < 4.78 is 17.2. The molecule has 0 atom stereocenters. The molecule has 2 aromatic carbocycles. The van der Waals surface area contributed by atoms with E-state index in [4.69, 9.17) is 14.2 Å². The summed E-state index contributed by atoms with van der Waals surface area (Å²) in [4.78, 5) is 4.20. The third-order valence-electron chi connectivity index (χ3n) is 3.35. The van der Waals surface area contributed by atoms with E-state index in [-0.39, 0.29) is 24.0 Å². The molecule has 26 heavy (non-hydrogen) atoms. The maximum absolute atomic E-state index is 5.67. The van der Waals surface area contributed by atoms with Crippen LogP contribution in [-0.2, 0) is 0 Å². The van der Waals surface area contributed by atoms with Crippen molar-refractivity contribution in [1.82, 2.24) is 5.32 Å². The first kappa shape index (κ1) is 22.4. The summed E-state index contributed by atoms with van der Waals surface area (Å²) in [5, 5.41) is 6.40. The van der Waals surface area contributed by atoms with Crippen LogP contribution in [0.25, 0.3) is 0 Å². The zero-order valence-corrected chi connectivity index (χ0v) is 18.8. The number of anilines is 1. The highest BCUT2D eigenvalue weighted by Crippen LogP contribution is 2.29. The highest BCUT2D eigenvalue weighted by molar-refractivity contribution is 14.0. The molecule has 0 radical (unpaired) electrons. The topological polar surface area (TPSA) is 64.1 Å². The Labute approximate surface area is 179 Å². The Hall–Kier alpha value is -1.68. The molecule has 0 aliphatic heterocycles. The van der Waals surface area contributed by atoms with Gasteiger partial charge in [-0.25, -0.2) is 0 Å². The zero-order valence-electron chi connectivity index (χ0n) is 14.9. The molecule has 0 aliphatic carbocycles. The normalized spacial score (nSPS) is 10.5. The van der Waals surface area contributed by atoms with E-state index in [0.717, 1.165) is 15.9 Å². The van der Waals surface area contributed by atoms with Gasteiger partial charge in [-0.3, -0.25) is 4.99 Å². The fraction of sp³-hybridized carbons (Fsp3) is 0.278. The van der Waals surface area contributed by atoms with Crippen LogP contribution in [0.4, 0.5) is 5.69 Å². The Bertz CT molecular complexity index is 711. The van der Waals surface area contributed by atoms with Crippen LogP contribution in [0.2, 0.25) is 0 Å². The van der Waals surface area contributed by atoms with E-state index in [1.165, 1.54) is 0 Å². The number of hydrogen-bond acceptors (Lipinski definition) is 4. The van der Waals surface area contributed by atoms with Gasteiger partial charge in [0.2, 0.25) is 0 Å². The van der Waals surface area contributed by atoms with Gasteiger partial charge in [-0.15, -0.1) is 24.0 Å². The van der Waals surface area contributed by atoms with Gasteiger partial charge in [-0.1, -0.05) is 15.9 Å². The quantitative estimate of drug-likeness (QED) is 0.241. The molecule has 0 fully saturated rings. The Balaban J connectivity index is 0.00000338. The second kappa shape index (κ2) is 11.8. The van der Waals surface area contributed by atoms with Crippen LogP contribution in [0.5, 0.6) is 17.2 Å². The lowest BCUT2D eigenvalue weighted by Crippen LogP contribution is -2.33. The van der Waals surface area contributed by atoms with Gasteiger partial charge in [-0.05, 0) is 36.4 Å². The molecule has 0 saturated heterocycles. The summed E-state index contributed by atoms with van der Waals surface area (Å²) in [6.07, 6.45) is 0. The van der Waals surface area contributed by atoms with Crippen LogP contribution >= 0.6 is 39.9 Å². The van der Waals surface area contributed by atoms with Crippen LogP contribution in [0.3, 0.4) is 0 Å². The minimum Gasteiger partial charge on any atom is -0.493 e. The average Bonchev–Trinajstić information content (AvgIpc) is 2.65. The Morgan fingerprint density at radius 3 is 2.35 bits per heavy atom. The van der Waals surface area contributed by atoms with Crippen molar-refractivity contribution in [3.63, 3.8) is 0 Å². The number of nitrogens with one attached hydrogen (secondary N) is 2. The van der Waals surface area contributed by atoms with Gasteiger partial charge in [0.25, 0.3) is 0 Å². The van der Waals surface area contributed by atoms with Crippen LogP contribution in [0.1, 0.15) is 0 Å². The summed E-state index contributed by atoms with van der Waals surface area (Å²) in [6.45, 7) is 1.14. The number of halogens is 2. The third kappa shape index (κ3) is 6.91. The van der Waals surface area contributed by atoms with Gasteiger partial charge in [0.1, 0.15) is 12.4 Å². The van der Waals surface area contributed by atoms with Crippen LogP contribution in [0.15, 0.2) is 51.9 Å². The standard InChI is InChI=1S/C18H22BrN3O3.HI/c1-20-18(21-10-11-25-15-7-4-13(19)5-8-15)22-14-6-9-16(23-2)17(12-14)24-3;/h4-9,12H,10-11H2,1-3H3,(H2,20,21,22);1H. The molecule has 2 aromatic rings. The lowest BCUT2D eigenvalue weighted by atomic mass is 10.3. The van der Waals surface area contributed by atoms with Gasteiger partial charge >= 0.3 is 0 Å². The van der Waals surface area contributed by atoms with Crippen LogP contribution in [-0.4, -0.2) is 40.4 Å². The van der Waals surface area contributed by atoms with Gasteiger partial charge in [0, 0.05) is 23.3 Å². The van der Waals surface area contributed by atoms with Crippen molar-refractivity contribution < 1.29 is 14.2 Å². The molecule has 0 unspecified atom stereocenters. The number of methoxy groups -OCH3 is 2. The number of rotatable bonds is 7. The van der Waals surface area contributed by atoms with E-state index in [9.17, 15) is 0 Å². The molecule has 0 aromatic heterocycles. The lowest BCUT2D eigenvalue weighted by Gasteiger charge is -2.14. The third-order valence-corrected chi connectivity index (χ3v) is 3.88. The highest BCUT2D eigenvalue weighted by atomic mass is 127. The van der Waals surface area contributed by atoms with Crippen molar-refractivity contribution in [3.8, 4) is 17.2 Å². The van der Waals surface area contributed by atoms with Gasteiger partial charge < -0.3 is 24.8 Å². The second-order valence-electron chi connectivity index (χ2n) is 5.00. The molecule has 0 saturated carbocycles. The molecule has 6 nitrogen and oxygen atoms in total. The van der Waals surface area contributed by atoms with Crippen molar-refractivity contribution in [1.29, 1.82) is 0 Å². The summed E-state index contributed by atoms with van der Waals surface area (Å²) in [5.74, 6) is 2.81. The molecule has 0 bridgehead atoms. The molecule has 8 heteroatoms. The highest BCUT2D eigenvalue weighted by Gasteiger charge is 2.06. The molecule has 142 valence electrons. The van der Waals surface area contributed by atoms with E-state index in [1.807, 2.05) is 42.5 Å². The molecule has 0 aliphatic rings. The predicted molar refractivity (Wildman–Crippen MR) is 120 cm³/mol. The summed E-state index contributed by atoms with van der Waals surface area (Å²) in [7, 11) is 4.93. The van der Waals surface area contributed by atoms with Crippen LogP contribution < -0.4 is 24.8 Å². The number of nitrogens with zero attached hydrogens (tertiary/aromatic N) is 1. The first-order chi connectivity index (χ1) is 12.2. The fourth-order valence-electron chi connectivity index (χ4n) is 2.10. The van der Waals surface area contributed by atoms with Gasteiger partial charge in [-0.2, -0.15) is 0 Å². The minimum absolute atomic E-state index is 0. The summed E-state index contributed by atoms with van der Waals surface area (Å²) in [6, 6.07) is 13.3. The zero-order chi connectivity index (χ0) is 18.1. The van der Waals surface area contributed by atoms with Gasteiger partial charge in [0.15, 0.2) is 17.5 Å². The van der Waals surface area contributed by atoms with Crippen molar-refractivity contribution in [2.45, 2.75) is 0 Å². The second-order valence-corrected chi connectivity index (χ2v) is 5.91. The van der Waals surface area contributed by atoms with Crippen molar-refractivity contribution >= 4 is 51.6 Å². The van der Waals surface area contributed by atoms with E-state index in [1.54, 1.807) is 21.3 Å². The Morgan fingerprint density at radius 1 is 1.04 bits per heavy atom. The maximum Gasteiger partial charge on any atom is 0.195 e. The smallest absolute Gasteiger partial charge is 0.195 e. The maximum atomic E-state index is 5.67. The fourth-order valence-corrected chi connectivity index (χ4v) is 2.36. The van der Waals surface area contributed by atoms with Gasteiger partial charge in [0.05, 0.1) is 20.8 Å². The number of ether oxygens (including phenoxy) is 3. The number of benzene rings is 2. The Morgan fingerprint density at radius 2 is 1.73 bits per heavy atom. The monoisotopic (exact) mass is 535 g/mol. The molecule has 0 amide bonds. The molecule has 0 spiro atoms. The van der Waals surface area contributed by atoms with E-state index in [2.05, 4.69) is 31.6 Å². The molecule has 0 heterocycles. The van der Waals surface area contributed by atoms with Crippen molar-refractivity contribution in [3.05, 3.63) is 46.9 Å². The van der Waals surface area contributed by atoms with E-state index in [0.29, 0.717) is 30.6 Å². The first-order valence-corrected chi connectivity index (χ1v) is 8.53. The largest absolute Gasteiger partial charge is 0.493 e. The predicted octanol–water partition coefficient (Wildman–Crippen LogP) is 4.15. The molecule has 2 N–H and O–H groups in total.